The van der Waals surface area contributed by atoms with Crippen molar-refractivity contribution in [3.63, 3.8) is 0 Å². The maximum atomic E-state index is 5.95. The first-order valence-corrected chi connectivity index (χ1v) is 9.06. The molecule has 0 unspecified atom stereocenters. The van der Waals surface area contributed by atoms with E-state index in [2.05, 4.69) is 15.3 Å². The van der Waals surface area contributed by atoms with Crippen LogP contribution in [0.2, 0.25) is 0 Å². The summed E-state index contributed by atoms with van der Waals surface area (Å²) in [6.45, 7) is 2.43. The van der Waals surface area contributed by atoms with Gasteiger partial charge in [-0.3, -0.25) is 0 Å². The zero-order chi connectivity index (χ0) is 20.6. The molecule has 0 fully saturated rings. The van der Waals surface area contributed by atoms with Gasteiger partial charge in [-0.05, 0) is 36.8 Å². The van der Waals surface area contributed by atoms with E-state index in [0.29, 0.717) is 35.6 Å². The van der Waals surface area contributed by atoms with Crippen molar-refractivity contribution in [1.82, 2.24) is 4.98 Å². The number of rotatable bonds is 7. The third kappa shape index (κ3) is 5.38. The summed E-state index contributed by atoms with van der Waals surface area (Å²) in [5.74, 6) is 2.37. The summed E-state index contributed by atoms with van der Waals surface area (Å²) in [6.07, 6.45) is 1.69. The monoisotopic (exact) mass is 392 g/mol. The second kappa shape index (κ2) is 9.45. The van der Waals surface area contributed by atoms with Crippen LogP contribution in [0.5, 0.6) is 23.1 Å². The number of nitrogens with zero attached hydrogens (tertiary/aromatic N) is 2. The molecule has 1 aromatic heterocycles. The molecular formula is C22H24N4O3. The quantitative estimate of drug-likeness (QED) is 0.464. The van der Waals surface area contributed by atoms with Crippen LogP contribution in [0.15, 0.2) is 65.8 Å². The lowest BCUT2D eigenvalue weighted by molar-refractivity contribution is 0.342. The van der Waals surface area contributed by atoms with Crippen LogP contribution in [0.3, 0.4) is 0 Å². The fraction of sp³-hybridized carbons (Fsp3) is 0.182. The number of methoxy groups -OCH3 is 2. The smallest absolute Gasteiger partial charge is 0.219 e. The van der Waals surface area contributed by atoms with E-state index in [1.807, 2.05) is 43.3 Å². The van der Waals surface area contributed by atoms with Crippen molar-refractivity contribution >= 4 is 11.6 Å². The van der Waals surface area contributed by atoms with Gasteiger partial charge in [0, 0.05) is 18.0 Å². The number of para-hydroxylation sites is 1. The lowest BCUT2D eigenvalue weighted by atomic mass is 10.2. The minimum atomic E-state index is 0.341. The topological polar surface area (TPSA) is 91.0 Å². The fourth-order valence-electron chi connectivity index (χ4n) is 2.59. The van der Waals surface area contributed by atoms with Gasteiger partial charge in [0.15, 0.2) is 17.5 Å². The highest BCUT2D eigenvalue weighted by Crippen LogP contribution is 2.39. The average molecular weight is 392 g/mol. The molecule has 7 heteroatoms. The Balaban J connectivity index is 1.64. The van der Waals surface area contributed by atoms with E-state index in [1.165, 1.54) is 5.56 Å². The molecule has 0 amide bonds. The number of nitrogens with two attached hydrogens (primary N) is 1. The molecule has 0 aliphatic heterocycles. The van der Waals surface area contributed by atoms with Crippen LogP contribution in [-0.2, 0) is 6.54 Å². The largest absolute Gasteiger partial charge is 0.493 e. The number of aliphatic imine (C=N–C) groups is 1. The predicted octanol–water partition coefficient (Wildman–Crippen LogP) is 4.13. The van der Waals surface area contributed by atoms with Crippen molar-refractivity contribution in [2.75, 3.05) is 19.5 Å². The molecule has 0 aliphatic rings. The van der Waals surface area contributed by atoms with Gasteiger partial charge in [0.1, 0.15) is 0 Å². The van der Waals surface area contributed by atoms with Crippen LogP contribution >= 0.6 is 0 Å². The minimum absolute atomic E-state index is 0.341. The first-order valence-electron chi connectivity index (χ1n) is 9.06. The van der Waals surface area contributed by atoms with Gasteiger partial charge in [-0.2, -0.15) is 0 Å². The number of guanidine groups is 1. The lowest BCUT2D eigenvalue weighted by Crippen LogP contribution is -2.22. The van der Waals surface area contributed by atoms with Gasteiger partial charge >= 0.3 is 0 Å². The van der Waals surface area contributed by atoms with Crippen molar-refractivity contribution in [3.05, 3.63) is 71.9 Å². The number of nitrogens with one attached hydrogen (secondary N) is 1. The number of benzene rings is 2. The molecule has 0 radical (unpaired) electrons. The molecule has 2 aromatic carbocycles. The highest BCUT2D eigenvalue weighted by molar-refractivity contribution is 5.92. The number of aryl methyl sites for hydroxylation is 1. The highest BCUT2D eigenvalue weighted by atomic mass is 16.5. The Morgan fingerprint density at radius 2 is 1.69 bits per heavy atom. The van der Waals surface area contributed by atoms with Crippen LogP contribution in [-0.4, -0.2) is 25.2 Å². The number of anilines is 1. The SMILES string of the molecule is COc1cccc(OC)c1Oc1ccc(CN=C(N)Nc2ccc(C)cc2)cn1. The summed E-state index contributed by atoms with van der Waals surface area (Å²) < 4.78 is 16.5. The normalized spacial score (nSPS) is 11.1. The van der Waals surface area contributed by atoms with E-state index in [-0.39, 0.29) is 0 Å². The van der Waals surface area contributed by atoms with Gasteiger partial charge in [0.2, 0.25) is 11.6 Å². The van der Waals surface area contributed by atoms with E-state index in [0.717, 1.165) is 11.3 Å². The summed E-state index contributed by atoms with van der Waals surface area (Å²) >= 11 is 0. The van der Waals surface area contributed by atoms with Crippen LogP contribution in [0, 0.1) is 6.92 Å². The lowest BCUT2D eigenvalue weighted by Gasteiger charge is -2.13. The van der Waals surface area contributed by atoms with Gasteiger partial charge in [-0.1, -0.05) is 29.8 Å². The van der Waals surface area contributed by atoms with Crippen molar-refractivity contribution in [2.45, 2.75) is 13.5 Å². The second-order valence-electron chi connectivity index (χ2n) is 6.29. The molecule has 3 rings (SSSR count). The van der Waals surface area contributed by atoms with Gasteiger partial charge in [0.25, 0.3) is 0 Å². The van der Waals surface area contributed by atoms with Crippen LogP contribution in [0.25, 0.3) is 0 Å². The third-order valence-electron chi connectivity index (χ3n) is 4.14. The molecule has 3 N–H and O–H groups in total. The number of hydrogen-bond acceptors (Lipinski definition) is 5. The van der Waals surface area contributed by atoms with Gasteiger partial charge in [-0.15, -0.1) is 0 Å². The molecule has 7 nitrogen and oxygen atoms in total. The summed E-state index contributed by atoms with van der Waals surface area (Å²) in [7, 11) is 3.15. The van der Waals surface area contributed by atoms with Gasteiger partial charge in [-0.25, -0.2) is 9.98 Å². The maximum Gasteiger partial charge on any atom is 0.219 e. The van der Waals surface area contributed by atoms with E-state index < -0.39 is 0 Å². The number of ether oxygens (including phenoxy) is 3. The fourth-order valence-corrected chi connectivity index (χ4v) is 2.59. The van der Waals surface area contributed by atoms with Crippen molar-refractivity contribution in [3.8, 4) is 23.1 Å². The van der Waals surface area contributed by atoms with Crippen molar-refractivity contribution in [2.24, 2.45) is 10.7 Å². The predicted molar refractivity (Wildman–Crippen MR) is 114 cm³/mol. The van der Waals surface area contributed by atoms with Crippen LogP contribution in [0.1, 0.15) is 11.1 Å². The van der Waals surface area contributed by atoms with E-state index in [9.17, 15) is 0 Å². The average Bonchev–Trinajstić information content (AvgIpc) is 2.75. The molecule has 0 atom stereocenters. The van der Waals surface area contributed by atoms with Gasteiger partial charge in [0.05, 0.1) is 20.8 Å². The Hall–Kier alpha value is -3.74. The summed E-state index contributed by atoms with van der Waals surface area (Å²) in [5.41, 5.74) is 8.93. The standard InChI is InChI=1S/C22H24N4O3/c1-15-7-10-17(11-8-15)26-22(23)25-14-16-9-12-20(24-13-16)29-21-18(27-2)5-4-6-19(21)28-3/h4-13H,14H2,1-3H3,(H3,23,25,26). The van der Waals surface area contributed by atoms with E-state index in [1.54, 1.807) is 38.6 Å². The van der Waals surface area contributed by atoms with E-state index in [4.69, 9.17) is 19.9 Å². The van der Waals surface area contributed by atoms with Crippen LogP contribution in [0.4, 0.5) is 5.69 Å². The molecule has 0 bridgehead atoms. The molecule has 0 spiro atoms. The highest BCUT2D eigenvalue weighted by Gasteiger charge is 2.13. The Bertz CT molecular complexity index is 948. The molecule has 29 heavy (non-hydrogen) atoms. The second-order valence-corrected chi connectivity index (χ2v) is 6.29. The number of pyridine rings is 1. The molecule has 0 saturated heterocycles. The Labute approximate surface area is 170 Å². The zero-order valence-electron chi connectivity index (χ0n) is 16.7. The third-order valence-corrected chi connectivity index (χ3v) is 4.14. The summed E-state index contributed by atoms with van der Waals surface area (Å²) in [4.78, 5) is 8.68. The number of aromatic nitrogens is 1. The minimum Gasteiger partial charge on any atom is -0.493 e. The van der Waals surface area contributed by atoms with Gasteiger partial charge < -0.3 is 25.3 Å². The first kappa shape index (κ1) is 20.0. The molecule has 150 valence electrons. The molecule has 3 aromatic rings. The Morgan fingerprint density at radius 1 is 1.00 bits per heavy atom. The Kier molecular flexibility index (Phi) is 6.52. The first-order chi connectivity index (χ1) is 14.1. The van der Waals surface area contributed by atoms with Crippen LogP contribution < -0.4 is 25.3 Å². The molecule has 0 saturated carbocycles. The molecular weight excluding hydrogens is 368 g/mol. The molecule has 1 heterocycles. The zero-order valence-corrected chi connectivity index (χ0v) is 16.7. The number of hydrogen-bond donors (Lipinski definition) is 2. The van der Waals surface area contributed by atoms with E-state index >= 15 is 0 Å². The Morgan fingerprint density at radius 3 is 2.28 bits per heavy atom. The summed E-state index contributed by atoms with van der Waals surface area (Å²) in [5, 5.41) is 3.06. The maximum absolute atomic E-state index is 5.95. The molecule has 0 aliphatic carbocycles. The summed E-state index contributed by atoms with van der Waals surface area (Å²) in [6, 6.07) is 17.0. The van der Waals surface area contributed by atoms with Crippen molar-refractivity contribution in [1.29, 1.82) is 0 Å². The van der Waals surface area contributed by atoms with Crippen molar-refractivity contribution < 1.29 is 14.2 Å².